The van der Waals surface area contributed by atoms with E-state index < -0.39 is 18.6 Å². The summed E-state index contributed by atoms with van der Waals surface area (Å²) in [5, 5.41) is 10.2. The van der Waals surface area contributed by atoms with Gasteiger partial charge in [-0.1, -0.05) is 91.0 Å². The molecule has 3 aromatic rings. The number of ether oxygens (including phenoxy) is 3. The third-order valence-electron chi connectivity index (χ3n) is 4.79. The molecule has 0 fully saturated rings. The van der Waals surface area contributed by atoms with E-state index in [2.05, 4.69) is 0 Å². The summed E-state index contributed by atoms with van der Waals surface area (Å²) in [7, 11) is 0. The molecule has 3 aromatic carbocycles. The number of hydrogen-bond acceptors (Lipinski definition) is 4. The number of halogens is 1. The Morgan fingerprint density at radius 2 is 1.06 bits per heavy atom. The highest BCUT2D eigenvalue weighted by molar-refractivity contribution is 5.15. The molecule has 0 aromatic heterocycles. The van der Waals surface area contributed by atoms with Crippen LogP contribution in [0.25, 0.3) is 0 Å². The monoisotopic (exact) mass is 424 g/mol. The maximum absolute atomic E-state index is 14.7. The van der Waals surface area contributed by atoms with Crippen LogP contribution in [0.5, 0.6) is 0 Å². The molecule has 164 valence electrons. The minimum absolute atomic E-state index is 0.0878. The van der Waals surface area contributed by atoms with Crippen LogP contribution < -0.4 is 0 Å². The fourth-order valence-corrected chi connectivity index (χ4v) is 3.03. The van der Waals surface area contributed by atoms with Gasteiger partial charge in [0.2, 0.25) is 0 Å². The van der Waals surface area contributed by atoms with Crippen LogP contribution in [0.1, 0.15) is 23.1 Å². The van der Waals surface area contributed by atoms with Crippen LogP contribution >= 0.6 is 0 Å². The summed E-state index contributed by atoms with van der Waals surface area (Å²) in [6.45, 7) is 0.824. The maximum Gasteiger partial charge on any atom is 0.161 e. The number of aliphatic hydroxyl groups excluding tert-OH is 1. The molecule has 0 heterocycles. The molecule has 0 saturated carbocycles. The molecule has 3 rings (SSSR count). The van der Waals surface area contributed by atoms with Crippen LogP contribution in [0.3, 0.4) is 0 Å². The summed E-state index contributed by atoms with van der Waals surface area (Å²) in [4.78, 5) is 0. The molecule has 5 heteroatoms. The predicted octanol–water partition coefficient (Wildman–Crippen LogP) is 5.05. The van der Waals surface area contributed by atoms with E-state index in [0.29, 0.717) is 19.8 Å². The van der Waals surface area contributed by atoms with Gasteiger partial charge in [-0.3, -0.25) is 0 Å². The van der Waals surface area contributed by atoms with Crippen molar-refractivity contribution in [3.63, 3.8) is 0 Å². The van der Waals surface area contributed by atoms with Gasteiger partial charge in [-0.25, -0.2) is 4.39 Å². The van der Waals surface area contributed by atoms with Crippen LogP contribution in [0.15, 0.2) is 91.0 Å². The van der Waals surface area contributed by atoms with Crippen LogP contribution in [-0.2, 0) is 34.0 Å². The normalized spacial score (nSPS) is 13.3. The maximum atomic E-state index is 14.7. The number of aliphatic hydroxyl groups is 1. The van der Waals surface area contributed by atoms with Crippen molar-refractivity contribution < 1.29 is 23.7 Å². The second-order valence-electron chi connectivity index (χ2n) is 7.34. The van der Waals surface area contributed by atoms with E-state index in [1.165, 1.54) is 0 Å². The lowest BCUT2D eigenvalue weighted by Crippen LogP contribution is -2.32. The Kier molecular flexibility index (Phi) is 9.67. The lowest BCUT2D eigenvalue weighted by molar-refractivity contribution is -0.174. The van der Waals surface area contributed by atoms with Gasteiger partial charge in [0, 0.05) is 6.42 Å². The minimum Gasteiger partial charge on any atom is -0.388 e. The highest BCUT2D eigenvalue weighted by Crippen LogP contribution is 2.17. The lowest BCUT2D eigenvalue weighted by atomic mass is 10.1. The fourth-order valence-electron chi connectivity index (χ4n) is 3.03. The number of benzene rings is 3. The van der Waals surface area contributed by atoms with Crippen LogP contribution in [0, 0.1) is 0 Å². The molecule has 31 heavy (non-hydrogen) atoms. The van der Waals surface area contributed by atoms with E-state index in [1.807, 2.05) is 91.0 Å². The molecule has 1 N–H and O–H groups in total. The molecule has 0 radical (unpaired) electrons. The first-order valence-corrected chi connectivity index (χ1v) is 10.5. The lowest BCUT2D eigenvalue weighted by Gasteiger charge is -2.23. The van der Waals surface area contributed by atoms with Gasteiger partial charge in [0.05, 0.1) is 26.4 Å². The van der Waals surface area contributed by atoms with Crippen molar-refractivity contribution in [3.05, 3.63) is 108 Å². The van der Waals surface area contributed by atoms with Gasteiger partial charge >= 0.3 is 0 Å². The van der Waals surface area contributed by atoms with Crippen LogP contribution in [0.4, 0.5) is 4.39 Å². The fraction of sp³-hybridized carbons (Fsp3) is 0.308. The molecular weight excluding hydrogens is 395 g/mol. The second kappa shape index (κ2) is 13.0. The van der Waals surface area contributed by atoms with E-state index in [1.54, 1.807) is 0 Å². The van der Waals surface area contributed by atoms with Gasteiger partial charge in [-0.2, -0.15) is 0 Å². The van der Waals surface area contributed by atoms with E-state index in [4.69, 9.17) is 14.2 Å². The van der Waals surface area contributed by atoms with Gasteiger partial charge in [-0.15, -0.1) is 0 Å². The quantitative estimate of drug-likeness (QED) is 0.390. The summed E-state index contributed by atoms with van der Waals surface area (Å²) in [5.41, 5.74) is 2.91. The summed E-state index contributed by atoms with van der Waals surface area (Å²) < 4.78 is 31.9. The molecule has 4 nitrogen and oxygen atoms in total. The first-order valence-electron chi connectivity index (χ1n) is 10.5. The summed E-state index contributed by atoms with van der Waals surface area (Å²) in [5.74, 6) is 0. The van der Waals surface area contributed by atoms with Crippen molar-refractivity contribution in [2.75, 3.05) is 6.61 Å². The Balaban J connectivity index is 1.49. The van der Waals surface area contributed by atoms with Crippen molar-refractivity contribution in [1.82, 2.24) is 0 Å². The minimum atomic E-state index is -1.53. The average molecular weight is 425 g/mol. The van der Waals surface area contributed by atoms with Crippen molar-refractivity contribution in [2.45, 2.75) is 44.8 Å². The smallest absolute Gasteiger partial charge is 0.161 e. The van der Waals surface area contributed by atoms with Crippen LogP contribution in [0.2, 0.25) is 0 Å². The third-order valence-corrected chi connectivity index (χ3v) is 4.79. The molecule has 0 aliphatic carbocycles. The molecule has 0 bridgehead atoms. The summed E-state index contributed by atoms with van der Waals surface area (Å²) in [6, 6.07) is 28.9. The molecule has 0 unspecified atom stereocenters. The standard InChI is InChI=1S/C26H29FO4/c27-24(25(28)20-29-17-21-10-4-1-5-11-21)16-26(30-18-22-12-6-2-7-13-22)31-19-23-14-8-3-9-15-23/h1-15,24-26,28H,16-20H2/t24-,25+/m0/s1. The van der Waals surface area contributed by atoms with E-state index in [0.717, 1.165) is 16.7 Å². The van der Waals surface area contributed by atoms with Crippen molar-refractivity contribution in [1.29, 1.82) is 0 Å². The Morgan fingerprint density at radius 1 is 0.645 bits per heavy atom. The van der Waals surface area contributed by atoms with Gasteiger partial charge in [0.25, 0.3) is 0 Å². The largest absolute Gasteiger partial charge is 0.388 e. The molecule has 0 saturated heterocycles. The SMILES string of the molecule is O[C@H](COCc1ccccc1)[C@@H](F)CC(OCc1ccccc1)OCc1ccccc1. The van der Waals surface area contributed by atoms with Gasteiger partial charge in [-0.05, 0) is 16.7 Å². The zero-order valence-corrected chi connectivity index (χ0v) is 17.5. The van der Waals surface area contributed by atoms with Crippen molar-refractivity contribution in [3.8, 4) is 0 Å². The highest BCUT2D eigenvalue weighted by Gasteiger charge is 2.24. The molecule has 2 atom stereocenters. The summed E-state index contributed by atoms with van der Waals surface area (Å²) >= 11 is 0. The second-order valence-corrected chi connectivity index (χ2v) is 7.34. The molecular formula is C26H29FO4. The van der Waals surface area contributed by atoms with Gasteiger partial charge in [0.15, 0.2) is 6.29 Å². The predicted molar refractivity (Wildman–Crippen MR) is 118 cm³/mol. The van der Waals surface area contributed by atoms with Crippen LogP contribution in [-0.4, -0.2) is 30.3 Å². The van der Waals surface area contributed by atoms with Gasteiger partial charge in [0.1, 0.15) is 12.3 Å². The first-order chi connectivity index (χ1) is 15.2. The molecule has 0 amide bonds. The Bertz CT molecular complexity index is 802. The van der Waals surface area contributed by atoms with E-state index in [-0.39, 0.29) is 13.0 Å². The van der Waals surface area contributed by atoms with E-state index in [9.17, 15) is 9.50 Å². The first kappa shape index (κ1) is 23.1. The Morgan fingerprint density at radius 3 is 1.52 bits per heavy atom. The average Bonchev–Trinajstić information content (AvgIpc) is 2.82. The molecule has 0 aliphatic heterocycles. The topological polar surface area (TPSA) is 47.9 Å². The third kappa shape index (κ3) is 8.59. The zero-order valence-electron chi connectivity index (χ0n) is 17.5. The van der Waals surface area contributed by atoms with Gasteiger partial charge < -0.3 is 19.3 Å². The molecule has 0 spiro atoms. The number of alkyl halides is 1. The Hall–Kier alpha value is -2.57. The Labute approximate surface area is 183 Å². The molecule has 0 aliphatic rings. The summed E-state index contributed by atoms with van der Waals surface area (Å²) in [6.07, 6.45) is -3.67. The van der Waals surface area contributed by atoms with E-state index >= 15 is 0 Å². The number of rotatable bonds is 13. The van der Waals surface area contributed by atoms with Crippen molar-refractivity contribution >= 4 is 0 Å². The number of hydrogen-bond donors (Lipinski definition) is 1. The zero-order chi connectivity index (χ0) is 21.7. The van der Waals surface area contributed by atoms with Crippen molar-refractivity contribution in [2.24, 2.45) is 0 Å². The highest BCUT2D eigenvalue weighted by atomic mass is 19.1.